The fraction of sp³-hybridized carbons (Fsp3) is 0. The number of ether oxygens (including phenoxy) is 1. The van der Waals surface area contributed by atoms with Gasteiger partial charge in [0.1, 0.15) is 11.5 Å². The van der Waals surface area contributed by atoms with E-state index >= 15 is 0 Å². The van der Waals surface area contributed by atoms with E-state index in [1.807, 2.05) is 66.9 Å². The molecule has 0 aromatic heterocycles. The van der Waals surface area contributed by atoms with E-state index in [1.165, 1.54) is 27.1 Å². The number of hydrogen-bond donors (Lipinski definition) is 1. The van der Waals surface area contributed by atoms with E-state index in [1.54, 1.807) is 0 Å². The maximum absolute atomic E-state index is 6.49. The van der Waals surface area contributed by atoms with E-state index in [4.69, 9.17) is 9.73 Å². The van der Waals surface area contributed by atoms with Gasteiger partial charge in [-0.25, -0.2) is 0 Å². The Kier molecular flexibility index (Phi) is 4.78. The van der Waals surface area contributed by atoms with Gasteiger partial charge in [0.2, 0.25) is 0 Å². The second-order valence-electron chi connectivity index (χ2n) is 8.95. The van der Waals surface area contributed by atoms with Gasteiger partial charge in [0.15, 0.2) is 0 Å². The lowest BCUT2D eigenvalue weighted by molar-refractivity contribution is 0.485. The molecule has 6 aromatic carbocycles. The first-order chi connectivity index (χ1) is 17.8. The maximum atomic E-state index is 6.49. The number of rotatable bonds is 4. The number of fused-ring (bicyclic) bond motifs is 5. The summed E-state index contributed by atoms with van der Waals surface area (Å²) < 4.78 is 6.49. The second kappa shape index (κ2) is 8.40. The number of para-hydroxylation sites is 4. The highest BCUT2D eigenvalue weighted by molar-refractivity contribution is 6.15. The van der Waals surface area contributed by atoms with Gasteiger partial charge in [0.05, 0.1) is 11.4 Å². The van der Waals surface area contributed by atoms with Crippen molar-refractivity contribution in [2.24, 2.45) is 4.99 Å². The number of hydrogen-bond acceptors (Lipinski definition) is 3. The van der Waals surface area contributed by atoms with Crippen molar-refractivity contribution in [2.45, 2.75) is 0 Å². The summed E-state index contributed by atoms with van der Waals surface area (Å²) in [6, 6.07) is 41.7. The fourth-order valence-corrected chi connectivity index (χ4v) is 4.99. The van der Waals surface area contributed by atoms with Crippen molar-refractivity contribution in [1.82, 2.24) is 0 Å². The van der Waals surface area contributed by atoms with Crippen molar-refractivity contribution in [1.29, 1.82) is 0 Å². The van der Waals surface area contributed by atoms with E-state index in [-0.39, 0.29) is 0 Å². The smallest absolute Gasteiger partial charge is 0.144 e. The zero-order chi connectivity index (χ0) is 23.9. The number of anilines is 2. The summed E-state index contributed by atoms with van der Waals surface area (Å²) in [6.07, 6.45) is 1.90. The SMILES string of the molecule is C(=Nc1ccccc1Nc1ccccc1)c1cccc2c1Oc1ccc3cc4ccccc4c-2c3c1. The normalized spacial score (nSPS) is 12.0. The minimum Gasteiger partial charge on any atom is -0.456 e. The Labute approximate surface area is 209 Å². The molecule has 0 fully saturated rings. The predicted octanol–water partition coefficient (Wildman–Crippen LogP) is 9.26. The Bertz CT molecular complexity index is 1790. The molecule has 0 saturated heterocycles. The molecule has 36 heavy (non-hydrogen) atoms. The van der Waals surface area contributed by atoms with Gasteiger partial charge < -0.3 is 10.1 Å². The summed E-state index contributed by atoms with van der Waals surface area (Å²) in [4.78, 5) is 4.89. The summed E-state index contributed by atoms with van der Waals surface area (Å²) >= 11 is 0. The number of nitrogens with zero attached hydrogens (tertiary/aromatic N) is 1. The highest BCUT2D eigenvalue weighted by Gasteiger charge is 2.20. The summed E-state index contributed by atoms with van der Waals surface area (Å²) in [5, 5.41) is 8.34. The molecule has 170 valence electrons. The van der Waals surface area contributed by atoms with Crippen LogP contribution in [0.1, 0.15) is 5.56 Å². The van der Waals surface area contributed by atoms with Crippen LogP contribution in [-0.2, 0) is 0 Å². The van der Waals surface area contributed by atoms with E-state index in [0.717, 1.165) is 39.7 Å². The molecule has 1 aliphatic rings. The fourth-order valence-electron chi connectivity index (χ4n) is 4.99. The maximum Gasteiger partial charge on any atom is 0.144 e. The molecule has 0 atom stereocenters. The molecule has 2 bridgehead atoms. The second-order valence-corrected chi connectivity index (χ2v) is 8.95. The van der Waals surface area contributed by atoms with Crippen LogP contribution in [0, 0.1) is 0 Å². The average Bonchev–Trinajstić information content (AvgIpc) is 3.07. The van der Waals surface area contributed by atoms with Gasteiger partial charge in [-0.2, -0.15) is 0 Å². The minimum atomic E-state index is 0.827. The zero-order valence-corrected chi connectivity index (χ0v) is 19.5. The zero-order valence-electron chi connectivity index (χ0n) is 19.5. The molecule has 0 amide bonds. The summed E-state index contributed by atoms with van der Waals surface area (Å²) in [7, 11) is 0. The lowest BCUT2D eigenvalue weighted by Crippen LogP contribution is -1.93. The van der Waals surface area contributed by atoms with Crippen LogP contribution in [0.15, 0.2) is 126 Å². The first-order valence-electron chi connectivity index (χ1n) is 12.1. The van der Waals surface area contributed by atoms with Crippen molar-refractivity contribution >= 4 is 44.8 Å². The Hall–Kier alpha value is -4.89. The van der Waals surface area contributed by atoms with Crippen LogP contribution in [-0.4, -0.2) is 6.21 Å². The van der Waals surface area contributed by atoms with Crippen LogP contribution < -0.4 is 10.1 Å². The first kappa shape index (κ1) is 20.5. The van der Waals surface area contributed by atoms with Gasteiger partial charge >= 0.3 is 0 Å². The highest BCUT2D eigenvalue weighted by atomic mass is 16.5. The van der Waals surface area contributed by atoms with Gasteiger partial charge in [0, 0.05) is 28.6 Å². The molecule has 0 radical (unpaired) electrons. The number of benzene rings is 6. The van der Waals surface area contributed by atoms with Crippen LogP contribution in [0.3, 0.4) is 0 Å². The summed E-state index contributed by atoms with van der Waals surface area (Å²) in [6.45, 7) is 0. The van der Waals surface area contributed by atoms with E-state index < -0.39 is 0 Å². The Morgan fingerprint density at radius 2 is 1.44 bits per heavy atom. The van der Waals surface area contributed by atoms with Crippen molar-refractivity contribution in [3.63, 3.8) is 0 Å². The topological polar surface area (TPSA) is 33.6 Å². The molecule has 1 aliphatic heterocycles. The first-order valence-corrected chi connectivity index (χ1v) is 12.1. The van der Waals surface area contributed by atoms with Gasteiger partial charge in [-0.1, -0.05) is 72.8 Å². The lowest BCUT2D eigenvalue weighted by Gasteiger charge is -2.14. The van der Waals surface area contributed by atoms with Crippen molar-refractivity contribution < 1.29 is 4.74 Å². The van der Waals surface area contributed by atoms with Crippen LogP contribution in [0.4, 0.5) is 17.1 Å². The van der Waals surface area contributed by atoms with Crippen LogP contribution in [0.2, 0.25) is 0 Å². The Morgan fingerprint density at radius 3 is 2.39 bits per heavy atom. The molecule has 1 heterocycles. The van der Waals surface area contributed by atoms with Gasteiger partial charge in [0.25, 0.3) is 0 Å². The quantitative estimate of drug-likeness (QED) is 0.209. The highest BCUT2D eigenvalue weighted by Crippen LogP contribution is 2.46. The predicted molar refractivity (Wildman–Crippen MR) is 150 cm³/mol. The molecule has 7 rings (SSSR count). The Morgan fingerprint density at radius 1 is 0.639 bits per heavy atom. The molecule has 1 N–H and O–H groups in total. The van der Waals surface area contributed by atoms with E-state index in [2.05, 4.69) is 66.0 Å². The third-order valence-electron chi connectivity index (χ3n) is 6.67. The van der Waals surface area contributed by atoms with Gasteiger partial charge in [-0.3, -0.25) is 4.99 Å². The average molecular weight is 463 g/mol. The van der Waals surface area contributed by atoms with Crippen LogP contribution in [0.5, 0.6) is 11.5 Å². The molecular formula is C33H22N2O. The molecule has 6 aromatic rings. The summed E-state index contributed by atoms with van der Waals surface area (Å²) in [5.74, 6) is 1.67. The monoisotopic (exact) mass is 462 g/mol. The van der Waals surface area contributed by atoms with Gasteiger partial charge in [-0.05, 0) is 70.1 Å². The standard InChI is InChI=1S/C33H22N2O/c1-2-11-25(12-3-1)35-31-16-7-6-15-30(31)34-21-24-10-8-14-28-32-27-13-5-4-9-22(27)19-23-17-18-26(20-29(23)32)36-33(24)28/h1-21,35H. The minimum absolute atomic E-state index is 0.827. The van der Waals surface area contributed by atoms with E-state index in [0.29, 0.717) is 0 Å². The van der Waals surface area contributed by atoms with Crippen LogP contribution >= 0.6 is 0 Å². The van der Waals surface area contributed by atoms with Crippen molar-refractivity contribution in [3.8, 4) is 22.6 Å². The van der Waals surface area contributed by atoms with Gasteiger partial charge in [-0.15, -0.1) is 0 Å². The lowest BCUT2D eigenvalue weighted by atomic mass is 9.91. The molecule has 0 aliphatic carbocycles. The largest absolute Gasteiger partial charge is 0.456 e. The molecular weight excluding hydrogens is 440 g/mol. The number of aliphatic imine (C=N–C) groups is 1. The molecule has 3 heteroatoms. The van der Waals surface area contributed by atoms with Crippen LogP contribution in [0.25, 0.3) is 32.7 Å². The Balaban J connectivity index is 1.36. The van der Waals surface area contributed by atoms with Crippen molar-refractivity contribution in [2.75, 3.05) is 5.32 Å². The van der Waals surface area contributed by atoms with E-state index in [9.17, 15) is 0 Å². The molecule has 0 unspecified atom stereocenters. The number of nitrogens with one attached hydrogen (secondary N) is 1. The molecule has 3 nitrogen and oxygen atoms in total. The van der Waals surface area contributed by atoms with Crippen molar-refractivity contribution in [3.05, 3.63) is 127 Å². The molecule has 0 saturated carbocycles. The molecule has 0 spiro atoms. The summed E-state index contributed by atoms with van der Waals surface area (Å²) in [5.41, 5.74) is 6.06. The third-order valence-corrected chi connectivity index (χ3v) is 6.67. The third kappa shape index (κ3) is 3.50.